The number of methoxy groups -OCH3 is 2. The van der Waals surface area contributed by atoms with Crippen LogP contribution in [0.1, 0.15) is 99.3 Å². The van der Waals surface area contributed by atoms with Gasteiger partial charge in [-0.1, -0.05) is 68.4 Å². The van der Waals surface area contributed by atoms with Gasteiger partial charge in [0.05, 0.1) is 60.5 Å². The monoisotopic (exact) mass is 865 g/mol. The minimum atomic E-state index is -0.709. The van der Waals surface area contributed by atoms with Crippen molar-refractivity contribution in [3.05, 3.63) is 114 Å². The van der Waals surface area contributed by atoms with Crippen molar-refractivity contribution in [2.45, 2.75) is 82.6 Å². The number of alkyl carbamates (subject to hydrolysis) is 2. The Hall–Kier alpha value is -6.90. The SMILES string of the molecule is COC(=O)NCC(=O)N1CCC[C@H]1c1nc2cc([C@H]3CC[C@H](c4ccc5[nH]c([C@@H]6CCCN6C(=O)C(NC(=O)OC)C(C)C)nc5c4)N3c3ccc(-c4ccccc4)cc3)ccc2[nH]1. The van der Waals surface area contributed by atoms with Crippen LogP contribution in [0.5, 0.6) is 0 Å². The number of carbonyl (C=O) groups excluding carboxylic acids is 4. The average Bonchev–Trinajstić information content (AvgIpc) is 4.18. The van der Waals surface area contributed by atoms with Crippen molar-refractivity contribution < 1.29 is 28.7 Å². The van der Waals surface area contributed by atoms with Crippen LogP contribution in [-0.4, -0.2) is 93.6 Å². The van der Waals surface area contributed by atoms with Gasteiger partial charge in [-0.25, -0.2) is 19.6 Å². The molecule has 1 unspecified atom stereocenters. The van der Waals surface area contributed by atoms with Gasteiger partial charge in [-0.2, -0.15) is 0 Å². The lowest BCUT2D eigenvalue weighted by molar-refractivity contribution is -0.135. The van der Waals surface area contributed by atoms with E-state index in [2.05, 4.69) is 115 Å². The molecule has 3 aliphatic rings. The van der Waals surface area contributed by atoms with E-state index in [1.165, 1.54) is 14.2 Å². The maximum Gasteiger partial charge on any atom is 0.407 e. The molecule has 15 heteroatoms. The van der Waals surface area contributed by atoms with Crippen LogP contribution in [0.15, 0.2) is 91.0 Å². The number of rotatable bonds is 11. The minimum absolute atomic E-state index is 0.0416. The number of fused-ring (bicyclic) bond motifs is 2. The van der Waals surface area contributed by atoms with Crippen molar-refractivity contribution >= 4 is 51.8 Å². The summed E-state index contributed by atoms with van der Waals surface area (Å²) in [6, 6.07) is 31.1. The lowest BCUT2D eigenvalue weighted by atomic mass is 10.0. The van der Waals surface area contributed by atoms with Gasteiger partial charge in [-0.05, 0) is 103 Å². The fourth-order valence-corrected chi connectivity index (χ4v) is 9.96. The summed E-state index contributed by atoms with van der Waals surface area (Å²) >= 11 is 0. The maximum atomic E-state index is 13.9. The number of aromatic amines is 2. The molecular formula is C49H55N9O6. The number of hydrogen-bond donors (Lipinski definition) is 4. The highest BCUT2D eigenvalue weighted by atomic mass is 16.5. The summed E-state index contributed by atoms with van der Waals surface area (Å²) in [4.78, 5) is 74.2. The summed E-state index contributed by atoms with van der Waals surface area (Å²) in [5.41, 5.74) is 9.21. The Morgan fingerprint density at radius 2 is 1.22 bits per heavy atom. The number of aromatic nitrogens is 4. The van der Waals surface area contributed by atoms with E-state index in [0.29, 0.717) is 13.1 Å². The normalized spacial score (nSPS) is 20.3. The van der Waals surface area contributed by atoms with E-state index in [4.69, 9.17) is 14.7 Å². The number of nitrogens with one attached hydrogen (secondary N) is 4. The van der Waals surface area contributed by atoms with Gasteiger partial charge in [0.2, 0.25) is 11.8 Å². The van der Waals surface area contributed by atoms with Crippen molar-refractivity contribution in [2.24, 2.45) is 5.92 Å². The van der Waals surface area contributed by atoms with E-state index in [9.17, 15) is 19.2 Å². The highest BCUT2D eigenvalue weighted by molar-refractivity contribution is 5.87. The van der Waals surface area contributed by atoms with E-state index < -0.39 is 18.2 Å². The van der Waals surface area contributed by atoms with E-state index in [1.54, 1.807) is 4.90 Å². The summed E-state index contributed by atoms with van der Waals surface area (Å²) in [5.74, 6) is 1.04. The third kappa shape index (κ3) is 8.33. The van der Waals surface area contributed by atoms with Crippen molar-refractivity contribution in [3.63, 3.8) is 0 Å². The van der Waals surface area contributed by atoms with Gasteiger partial charge in [0, 0.05) is 18.8 Å². The standard InChI is InChI=1S/C49H55N9O6/c1-29(2)44(55-49(62)64-4)47(60)57-25-9-13-42(57)46-52-36-21-17-33(27-38(36)54-46)40-23-22-39(58(40)34-18-14-31(15-19-34)30-10-6-5-7-11-30)32-16-20-35-37(26-32)53-45(51-35)41-12-8-24-56(41)43(59)28-50-48(61)63-3/h5-7,10-11,14-21,26-27,29,39-42,44H,8-9,12-13,22-25,28H2,1-4H3,(H,50,61)(H,51,53)(H,52,54)(H,55,62)/t39-,40-,41+,42+,44?/m1/s1. The predicted octanol–water partition coefficient (Wildman–Crippen LogP) is 8.25. The number of benzene rings is 4. The molecule has 5 heterocycles. The molecule has 0 bridgehead atoms. The fraction of sp³-hybridized carbons (Fsp3) is 0.388. The Balaban J connectivity index is 1.01. The van der Waals surface area contributed by atoms with Gasteiger partial charge in [0.25, 0.3) is 0 Å². The highest BCUT2D eigenvalue weighted by Gasteiger charge is 2.39. The van der Waals surface area contributed by atoms with Crippen LogP contribution in [0.3, 0.4) is 0 Å². The molecule has 0 spiro atoms. The number of nitrogens with zero attached hydrogens (tertiary/aromatic N) is 5. The van der Waals surface area contributed by atoms with Crippen molar-refractivity contribution in [1.82, 2.24) is 40.4 Å². The summed E-state index contributed by atoms with van der Waals surface area (Å²) in [7, 11) is 2.58. The first kappa shape index (κ1) is 42.4. The molecule has 4 N–H and O–H groups in total. The average molecular weight is 866 g/mol. The quantitative estimate of drug-likeness (QED) is 0.0999. The van der Waals surface area contributed by atoms with Crippen molar-refractivity contribution in [2.75, 3.05) is 38.8 Å². The molecule has 15 nitrogen and oxygen atoms in total. The Morgan fingerprint density at radius 1 is 0.672 bits per heavy atom. The molecular weight excluding hydrogens is 811 g/mol. The second-order valence-corrected chi connectivity index (χ2v) is 17.4. The lowest BCUT2D eigenvalue weighted by Crippen LogP contribution is -2.51. The van der Waals surface area contributed by atoms with Gasteiger partial charge < -0.3 is 44.8 Å². The molecule has 0 aliphatic carbocycles. The summed E-state index contributed by atoms with van der Waals surface area (Å²) in [5, 5.41) is 5.25. The molecule has 2 aromatic heterocycles. The van der Waals surface area contributed by atoms with Gasteiger partial charge >= 0.3 is 12.2 Å². The van der Waals surface area contributed by atoms with Crippen LogP contribution >= 0.6 is 0 Å². The van der Waals surface area contributed by atoms with E-state index >= 15 is 0 Å². The zero-order valence-corrected chi connectivity index (χ0v) is 36.7. The Labute approximate surface area is 371 Å². The Morgan fingerprint density at radius 3 is 1.78 bits per heavy atom. The number of amides is 4. The number of hydrogen-bond acceptors (Lipinski definition) is 9. The van der Waals surface area contributed by atoms with Gasteiger partial charge in [0.15, 0.2) is 0 Å². The molecule has 4 aromatic carbocycles. The first-order chi connectivity index (χ1) is 31.1. The number of anilines is 1. The molecule has 5 atom stereocenters. The number of imidazole rings is 2. The van der Waals surface area contributed by atoms with Crippen LogP contribution in [0.4, 0.5) is 15.3 Å². The zero-order chi connectivity index (χ0) is 44.5. The highest BCUT2D eigenvalue weighted by Crippen LogP contribution is 2.48. The summed E-state index contributed by atoms with van der Waals surface area (Å²) < 4.78 is 9.49. The van der Waals surface area contributed by atoms with Crippen molar-refractivity contribution in [1.29, 1.82) is 0 Å². The lowest BCUT2D eigenvalue weighted by Gasteiger charge is -2.33. The Kier molecular flexibility index (Phi) is 12.0. The van der Waals surface area contributed by atoms with E-state index in [-0.39, 0.29) is 48.4 Å². The summed E-state index contributed by atoms with van der Waals surface area (Å²) in [6.07, 6.45) is 3.78. The second-order valence-electron chi connectivity index (χ2n) is 17.4. The van der Waals surface area contributed by atoms with E-state index in [0.717, 1.165) is 100 Å². The van der Waals surface area contributed by atoms with Crippen molar-refractivity contribution in [3.8, 4) is 11.1 Å². The molecule has 0 saturated carbocycles. The number of H-pyrrole nitrogens is 2. The van der Waals surface area contributed by atoms with Gasteiger partial charge in [-0.15, -0.1) is 0 Å². The van der Waals surface area contributed by atoms with Crippen LogP contribution < -0.4 is 15.5 Å². The Bertz CT molecular complexity index is 2660. The molecule has 0 radical (unpaired) electrons. The topological polar surface area (TPSA) is 178 Å². The molecule has 64 heavy (non-hydrogen) atoms. The fourth-order valence-electron chi connectivity index (χ4n) is 9.96. The molecule has 9 rings (SSSR count). The van der Waals surface area contributed by atoms with Gasteiger partial charge in [-0.3, -0.25) is 9.59 Å². The second kappa shape index (κ2) is 18.1. The third-order valence-electron chi connectivity index (χ3n) is 13.2. The molecule has 3 saturated heterocycles. The smallest absolute Gasteiger partial charge is 0.407 e. The third-order valence-corrected chi connectivity index (χ3v) is 13.2. The largest absolute Gasteiger partial charge is 0.453 e. The first-order valence-corrected chi connectivity index (χ1v) is 22.3. The molecule has 6 aromatic rings. The molecule has 4 amide bonds. The number of likely N-dealkylation sites (tertiary alicyclic amines) is 2. The first-order valence-electron chi connectivity index (χ1n) is 22.3. The van der Waals surface area contributed by atoms with E-state index in [1.807, 2.05) is 24.8 Å². The minimum Gasteiger partial charge on any atom is -0.453 e. The van der Waals surface area contributed by atoms with Crippen LogP contribution in [0.25, 0.3) is 33.2 Å². The zero-order valence-electron chi connectivity index (χ0n) is 36.7. The maximum absolute atomic E-state index is 13.9. The van der Waals surface area contributed by atoms with Crippen LogP contribution in [0.2, 0.25) is 0 Å². The van der Waals surface area contributed by atoms with Crippen LogP contribution in [-0.2, 0) is 19.1 Å². The molecule has 3 aliphatic heterocycles. The van der Waals surface area contributed by atoms with Crippen LogP contribution in [0, 0.1) is 5.92 Å². The summed E-state index contributed by atoms with van der Waals surface area (Å²) in [6.45, 7) is 4.87. The molecule has 332 valence electrons. The number of ether oxygens (including phenoxy) is 2. The van der Waals surface area contributed by atoms with Gasteiger partial charge in [0.1, 0.15) is 24.2 Å². The predicted molar refractivity (Wildman–Crippen MR) is 243 cm³/mol. The number of carbonyl (C=O) groups is 4. The molecule has 3 fully saturated rings.